The van der Waals surface area contributed by atoms with E-state index < -0.39 is 5.82 Å². The summed E-state index contributed by atoms with van der Waals surface area (Å²) in [6, 6.07) is 5.15. The Morgan fingerprint density at radius 2 is 2.00 bits per heavy atom. The minimum atomic E-state index is -0.409. The van der Waals surface area contributed by atoms with Crippen molar-refractivity contribution in [3.05, 3.63) is 41.7 Å². The van der Waals surface area contributed by atoms with Gasteiger partial charge in [0.05, 0.1) is 7.05 Å². The molecule has 1 aliphatic heterocycles. The van der Waals surface area contributed by atoms with Crippen LogP contribution in [0.5, 0.6) is 0 Å². The van der Waals surface area contributed by atoms with E-state index in [0.29, 0.717) is 22.6 Å². The van der Waals surface area contributed by atoms with Gasteiger partial charge in [-0.25, -0.2) is 9.37 Å². The van der Waals surface area contributed by atoms with Crippen LogP contribution in [0.25, 0.3) is 27.9 Å². The molecule has 0 unspecified atom stereocenters. The van der Waals surface area contributed by atoms with Crippen LogP contribution in [-0.4, -0.2) is 43.2 Å². The maximum atomic E-state index is 14.9. The second-order valence-corrected chi connectivity index (χ2v) is 7.29. The molecule has 1 fully saturated rings. The summed E-state index contributed by atoms with van der Waals surface area (Å²) >= 11 is 0. The van der Waals surface area contributed by atoms with E-state index >= 15 is 0 Å². The van der Waals surface area contributed by atoms with Crippen LogP contribution in [0.3, 0.4) is 0 Å². The number of rotatable bonds is 2. The molecule has 8 nitrogen and oxygen atoms in total. The summed E-state index contributed by atoms with van der Waals surface area (Å²) in [5.74, 6) is 0.446. The topological polar surface area (TPSA) is 85.5 Å². The molecule has 5 rings (SSSR count). The maximum Gasteiger partial charge on any atom is 0.328 e. The first kappa shape index (κ1) is 17.1. The third-order valence-corrected chi connectivity index (χ3v) is 5.20. The van der Waals surface area contributed by atoms with Gasteiger partial charge in [0, 0.05) is 22.1 Å². The molecule has 9 heteroatoms. The maximum absolute atomic E-state index is 14.9. The first-order valence-corrected chi connectivity index (χ1v) is 9.36. The molecule has 142 valence electrons. The molecule has 1 N–H and O–H groups in total. The lowest BCUT2D eigenvalue weighted by molar-refractivity contribution is -0.581. The fraction of sp³-hybridized carbons (Fsp3) is 0.368. The van der Waals surface area contributed by atoms with Crippen LogP contribution in [0.1, 0.15) is 30.1 Å². The van der Waals surface area contributed by atoms with Gasteiger partial charge in [0.1, 0.15) is 16.7 Å². The Labute approximate surface area is 160 Å². The van der Waals surface area contributed by atoms with Crippen molar-refractivity contribution in [1.82, 2.24) is 35.4 Å². The molecule has 0 bridgehead atoms. The van der Waals surface area contributed by atoms with Crippen LogP contribution in [0.15, 0.2) is 24.5 Å². The van der Waals surface area contributed by atoms with Crippen molar-refractivity contribution in [3.63, 3.8) is 0 Å². The molecular weight excluding hydrogens is 359 g/mol. The average Bonchev–Trinajstić information content (AvgIpc) is 3.09. The van der Waals surface area contributed by atoms with Crippen molar-refractivity contribution in [2.75, 3.05) is 13.1 Å². The fourth-order valence-corrected chi connectivity index (χ4v) is 3.74. The smallest absolute Gasteiger partial charge is 0.317 e. The fourth-order valence-electron chi connectivity index (χ4n) is 3.74. The number of aromatic nitrogens is 7. The van der Waals surface area contributed by atoms with Gasteiger partial charge in [0.15, 0.2) is 11.6 Å². The zero-order chi connectivity index (χ0) is 19.3. The molecule has 28 heavy (non-hydrogen) atoms. The van der Waals surface area contributed by atoms with Crippen LogP contribution in [-0.2, 0) is 7.05 Å². The molecule has 4 heterocycles. The van der Waals surface area contributed by atoms with Gasteiger partial charge in [-0.2, -0.15) is 0 Å². The molecule has 1 aromatic carbocycles. The van der Waals surface area contributed by atoms with Gasteiger partial charge in [0.25, 0.3) is 0 Å². The molecule has 0 atom stereocenters. The highest BCUT2D eigenvalue weighted by atomic mass is 19.1. The zero-order valence-corrected chi connectivity index (χ0v) is 15.7. The van der Waals surface area contributed by atoms with Crippen LogP contribution in [0.2, 0.25) is 0 Å². The molecule has 0 spiro atoms. The van der Waals surface area contributed by atoms with Crippen molar-refractivity contribution < 1.29 is 8.91 Å². The van der Waals surface area contributed by atoms with Gasteiger partial charge in [-0.05, 0) is 51.1 Å². The second-order valence-electron chi connectivity index (χ2n) is 7.29. The molecule has 3 aromatic heterocycles. The number of fused-ring (bicyclic) bond motifs is 2. The lowest BCUT2D eigenvalue weighted by Crippen LogP contribution is -2.27. The number of piperidine rings is 1. The number of nitrogens with one attached hydrogen (secondary N) is 1. The highest BCUT2D eigenvalue weighted by Gasteiger charge is 2.21. The standard InChI is InChI=1S/C19H20FN8/c1-11-7-15(25-28-10-27(2)26-19(11)28)13-8-14(20)17-16(9-13)23-24-18(22-17)12-3-5-21-6-4-12/h7-10,12,21H,3-6H2,1-2H3/q+1. The Hall–Kier alpha value is -3.07. The Kier molecular flexibility index (Phi) is 3.97. The second kappa shape index (κ2) is 6.52. The molecular formula is C19H20FN8+. The van der Waals surface area contributed by atoms with E-state index in [0.717, 1.165) is 37.1 Å². The summed E-state index contributed by atoms with van der Waals surface area (Å²) in [6.45, 7) is 3.80. The highest BCUT2D eigenvalue weighted by molar-refractivity contribution is 5.80. The van der Waals surface area contributed by atoms with Crippen LogP contribution in [0.4, 0.5) is 4.39 Å². The van der Waals surface area contributed by atoms with E-state index in [9.17, 15) is 4.39 Å². The Morgan fingerprint density at radius 3 is 2.82 bits per heavy atom. The highest BCUT2D eigenvalue weighted by Crippen LogP contribution is 2.27. The van der Waals surface area contributed by atoms with Crippen molar-refractivity contribution in [1.29, 1.82) is 0 Å². The molecule has 0 radical (unpaired) electrons. The molecule has 4 aromatic rings. The summed E-state index contributed by atoms with van der Waals surface area (Å²) in [7, 11) is 1.84. The van der Waals surface area contributed by atoms with Gasteiger partial charge < -0.3 is 5.32 Å². The Balaban J connectivity index is 1.59. The van der Waals surface area contributed by atoms with E-state index in [1.807, 2.05) is 20.0 Å². The first-order chi connectivity index (χ1) is 13.6. The van der Waals surface area contributed by atoms with E-state index in [1.165, 1.54) is 6.07 Å². The van der Waals surface area contributed by atoms with Crippen LogP contribution < -0.4 is 9.83 Å². The molecule has 1 aliphatic rings. The largest absolute Gasteiger partial charge is 0.328 e. The summed E-state index contributed by atoms with van der Waals surface area (Å²) in [4.78, 5) is 4.49. The SMILES string of the molecule is Cc1cc(-c2cc(F)c3nc(C4CCNCC4)nnc3c2)n[n+]2cn(C)nc12. The third kappa shape index (κ3) is 2.88. The first-order valence-electron chi connectivity index (χ1n) is 9.36. The molecule has 0 amide bonds. The summed E-state index contributed by atoms with van der Waals surface area (Å²) in [5, 5.41) is 20.8. The van der Waals surface area contributed by atoms with Gasteiger partial charge in [-0.3, -0.25) is 0 Å². The predicted octanol–water partition coefficient (Wildman–Crippen LogP) is 1.47. The number of halogens is 1. The quantitative estimate of drug-likeness (QED) is 0.531. The minimum absolute atomic E-state index is 0.228. The van der Waals surface area contributed by atoms with Crippen LogP contribution in [0, 0.1) is 12.7 Å². The van der Waals surface area contributed by atoms with E-state index in [2.05, 4.69) is 30.7 Å². The number of hydrogen-bond donors (Lipinski definition) is 1. The van der Waals surface area contributed by atoms with Crippen LogP contribution >= 0.6 is 0 Å². The van der Waals surface area contributed by atoms with Gasteiger partial charge >= 0.3 is 5.65 Å². The van der Waals surface area contributed by atoms with Gasteiger partial charge in [-0.15, -0.1) is 24.5 Å². The van der Waals surface area contributed by atoms with Gasteiger partial charge in [0.2, 0.25) is 6.33 Å². The van der Waals surface area contributed by atoms with Crippen molar-refractivity contribution in [2.24, 2.45) is 7.05 Å². The number of hydrogen-bond acceptors (Lipinski definition) is 6. The predicted molar refractivity (Wildman–Crippen MR) is 100 cm³/mol. The summed E-state index contributed by atoms with van der Waals surface area (Å²) in [5.41, 5.74) is 3.70. The van der Waals surface area contributed by atoms with E-state index in [4.69, 9.17) is 0 Å². The molecule has 0 saturated carbocycles. The summed E-state index contributed by atoms with van der Waals surface area (Å²) < 4.78 is 18.3. The zero-order valence-electron chi connectivity index (χ0n) is 15.7. The molecule has 0 aliphatic carbocycles. The monoisotopic (exact) mass is 379 g/mol. The minimum Gasteiger partial charge on any atom is -0.317 e. The Bertz CT molecular complexity index is 1200. The third-order valence-electron chi connectivity index (χ3n) is 5.20. The normalized spacial score (nSPS) is 15.5. The lowest BCUT2D eigenvalue weighted by atomic mass is 9.97. The number of aryl methyl sites for hydroxylation is 2. The van der Waals surface area contributed by atoms with Gasteiger partial charge in [-0.1, -0.05) is 0 Å². The van der Waals surface area contributed by atoms with Crippen molar-refractivity contribution in [2.45, 2.75) is 25.7 Å². The Morgan fingerprint density at radius 1 is 1.18 bits per heavy atom. The number of nitrogens with zero attached hydrogens (tertiary/aromatic N) is 7. The average molecular weight is 379 g/mol. The van der Waals surface area contributed by atoms with Crippen molar-refractivity contribution in [3.8, 4) is 11.3 Å². The lowest BCUT2D eigenvalue weighted by Gasteiger charge is -2.20. The molecule has 1 saturated heterocycles. The van der Waals surface area contributed by atoms with Crippen molar-refractivity contribution >= 4 is 16.7 Å². The van der Waals surface area contributed by atoms with E-state index in [-0.39, 0.29) is 11.4 Å². The number of benzene rings is 1. The van der Waals surface area contributed by atoms with E-state index in [1.54, 1.807) is 21.6 Å². The summed E-state index contributed by atoms with van der Waals surface area (Å²) in [6.07, 6.45) is 3.66.